The quantitative estimate of drug-likeness (QED) is 0.411. The van der Waals surface area contributed by atoms with E-state index in [0.29, 0.717) is 28.0 Å². The molecule has 2 heterocycles. The number of hydrogen-bond acceptors (Lipinski definition) is 7. The van der Waals surface area contributed by atoms with E-state index in [1.54, 1.807) is 42.7 Å². The molecule has 0 fully saturated rings. The fourth-order valence-corrected chi connectivity index (χ4v) is 4.14. The van der Waals surface area contributed by atoms with Crippen LogP contribution in [0.5, 0.6) is 17.2 Å². The van der Waals surface area contributed by atoms with Gasteiger partial charge in [-0.25, -0.2) is 4.79 Å². The summed E-state index contributed by atoms with van der Waals surface area (Å²) in [7, 11) is 4.18. The van der Waals surface area contributed by atoms with Crippen LogP contribution in [0.15, 0.2) is 59.7 Å². The normalized spacial score (nSPS) is 10.8. The SMILES string of the molecule is COC(=O)c1c(-c2cc(OC)c(Cl)c(OC)c2)c2ccc(O)cc2c(=O)n1Cc1ccncc1. The van der Waals surface area contributed by atoms with Crippen molar-refractivity contribution in [2.24, 2.45) is 0 Å². The standard InChI is InChI=1S/C25H21ClN2O6/c1-32-19-10-15(11-20(33-2)22(19)26)21-17-5-4-16(29)12-18(17)24(30)28(23(21)25(31)34-3)13-14-6-8-27-9-7-14/h4-12,29H,13H2,1-3H3. The zero-order chi connectivity index (χ0) is 24.4. The van der Waals surface area contributed by atoms with Crippen molar-refractivity contribution in [2.75, 3.05) is 21.3 Å². The summed E-state index contributed by atoms with van der Waals surface area (Å²) in [4.78, 5) is 30.7. The van der Waals surface area contributed by atoms with E-state index in [2.05, 4.69) is 4.98 Å². The van der Waals surface area contributed by atoms with Gasteiger partial charge in [-0.3, -0.25) is 14.3 Å². The number of pyridine rings is 2. The third-order valence-electron chi connectivity index (χ3n) is 5.46. The van der Waals surface area contributed by atoms with Crippen LogP contribution in [0.1, 0.15) is 16.1 Å². The predicted molar refractivity (Wildman–Crippen MR) is 128 cm³/mol. The van der Waals surface area contributed by atoms with E-state index in [0.717, 1.165) is 5.56 Å². The molecule has 0 aliphatic rings. The van der Waals surface area contributed by atoms with E-state index >= 15 is 0 Å². The molecule has 0 spiro atoms. The van der Waals surface area contributed by atoms with Gasteiger partial charge in [-0.05, 0) is 59.0 Å². The van der Waals surface area contributed by atoms with Gasteiger partial charge < -0.3 is 19.3 Å². The summed E-state index contributed by atoms with van der Waals surface area (Å²) in [5, 5.41) is 11.1. The van der Waals surface area contributed by atoms with Gasteiger partial charge in [0.1, 0.15) is 28.0 Å². The molecule has 0 aliphatic heterocycles. The molecule has 0 bridgehead atoms. The minimum Gasteiger partial charge on any atom is -0.508 e. The summed E-state index contributed by atoms with van der Waals surface area (Å²) in [6.07, 6.45) is 3.20. The molecule has 1 N–H and O–H groups in total. The van der Waals surface area contributed by atoms with Crippen molar-refractivity contribution in [2.45, 2.75) is 6.54 Å². The number of hydrogen-bond donors (Lipinski definition) is 1. The molecule has 0 unspecified atom stereocenters. The number of methoxy groups -OCH3 is 3. The van der Waals surface area contributed by atoms with Gasteiger partial charge in [0.2, 0.25) is 0 Å². The van der Waals surface area contributed by atoms with E-state index in [4.69, 9.17) is 25.8 Å². The van der Waals surface area contributed by atoms with Gasteiger partial charge in [-0.15, -0.1) is 0 Å². The maximum absolute atomic E-state index is 13.6. The number of aromatic nitrogens is 2. The second-order valence-corrected chi connectivity index (χ2v) is 7.76. The smallest absolute Gasteiger partial charge is 0.355 e. The lowest BCUT2D eigenvalue weighted by Crippen LogP contribution is -2.28. The lowest BCUT2D eigenvalue weighted by molar-refractivity contribution is 0.0588. The molecular weight excluding hydrogens is 460 g/mol. The van der Waals surface area contributed by atoms with Crippen molar-refractivity contribution >= 4 is 28.3 Å². The highest BCUT2D eigenvalue weighted by atomic mass is 35.5. The molecular formula is C25H21ClN2O6. The van der Waals surface area contributed by atoms with Gasteiger partial charge in [0.25, 0.3) is 5.56 Å². The molecule has 0 saturated carbocycles. The largest absolute Gasteiger partial charge is 0.508 e. The van der Waals surface area contributed by atoms with E-state index in [1.165, 1.54) is 38.0 Å². The number of benzene rings is 2. The van der Waals surface area contributed by atoms with E-state index in [9.17, 15) is 14.7 Å². The molecule has 4 aromatic rings. The van der Waals surface area contributed by atoms with Crippen molar-refractivity contribution in [1.29, 1.82) is 0 Å². The van der Waals surface area contributed by atoms with Crippen LogP contribution < -0.4 is 15.0 Å². The summed E-state index contributed by atoms with van der Waals surface area (Å²) < 4.78 is 17.2. The fourth-order valence-electron chi connectivity index (χ4n) is 3.87. The van der Waals surface area contributed by atoms with Crippen LogP contribution in [0, 0.1) is 0 Å². The van der Waals surface area contributed by atoms with Crippen LogP contribution in [0.4, 0.5) is 0 Å². The molecule has 34 heavy (non-hydrogen) atoms. The minimum atomic E-state index is -0.705. The predicted octanol–water partition coefficient (Wildman–Crippen LogP) is 4.27. The Labute approximate surface area is 199 Å². The molecule has 9 heteroatoms. The molecule has 2 aromatic heterocycles. The lowest BCUT2D eigenvalue weighted by Gasteiger charge is -2.20. The van der Waals surface area contributed by atoms with Crippen molar-refractivity contribution in [1.82, 2.24) is 9.55 Å². The zero-order valence-electron chi connectivity index (χ0n) is 18.7. The number of carbonyl (C=O) groups is 1. The number of esters is 1. The highest BCUT2D eigenvalue weighted by Gasteiger charge is 2.26. The maximum Gasteiger partial charge on any atom is 0.355 e. The van der Waals surface area contributed by atoms with Crippen LogP contribution >= 0.6 is 11.6 Å². The van der Waals surface area contributed by atoms with Crippen molar-refractivity contribution in [3.05, 3.63) is 81.5 Å². The summed E-state index contributed by atoms with van der Waals surface area (Å²) in [5.74, 6) is -0.136. The number of halogens is 1. The van der Waals surface area contributed by atoms with Gasteiger partial charge in [0, 0.05) is 18.0 Å². The molecule has 2 aromatic carbocycles. The van der Waals surface area contributed by atoms with E-state index in [1.807, 2.05) is 0 Å². The Morgan fingerprint density at radius 2 is 1.65 bits per heavy atom. The topological polar surface area (TPSA) is 99.9 Å². The number of phenolic OH excluding ortho intramolecular Hbond substituents is 1. The first-order chi connectivity index (χ1) is 16.4. The Morgan fingerprint density at radius 1 is 1.00 bits per heavy atom. The van der Waals surface area contributed by atoms with E-state index in [-0.39, 0.29) is 28.4 Å². The summed E-state index contributed by atoms with van der Waals surface area (Å²) >= 11 is 6.37. The molecule has 174 valence electrons. The van der Waals surface area contributed by atoms with Crippen LogP contribution in [0.25, 0.3) is 21.9 Å². The number of rotatable bonds is 6. The monoisotopic (exact) mass is 480 g/mol. The van der Waals surface area contributed by atoms with E-state index < -0.39 is 11.5 Å². The van der Waals surface area contributed by atoms with Crippen molar-refractivity contribution in [3.63, 3.8) is 0 Å². The molecule has 0 amide bonds. The van der Waals surface area contributed by atoms with Gasteiger partial charge in [0.05, 0.1) is 33.3 Å². The number of phenols is 1. The van der Waals surface area contributed by atoms with Crippen LogP contribution in [0.2, 0.25) is 5.02 Å². The highest BCUT2D eigenvalue weighted by molar-refractivity contribution is 6.33. The molecule has 0 atom stereocenters. The molecule has 0 saturated heterocycles. The Hall–Kier alpha value is -4.04. The van der Waals surface area contributed by atoms with Gasteiger partial charge in [-0.1, -0.05) is 11.6 Å². The van der Waals surface area contributed by atoms with Crippen LogP contribution in [0.3, 0.4) is 0 Å². The molecule has 0 radical (unpaired) electrons. The number of carbonyl (C=O) groups excluding carboxylic acids is 1. The van der Waals surface area contributed by atoms with Gasteiger partial charge in [-0.2, -0.15) is 0 Å². The van der Waals surface area contributed by atoms with Crippen LogP contribution in [-0.4, -0.2) is 42.0 Å². The zero-order valence-corrected chi connectivity index (χ0v) is 19.4. The molecule has 8 nitrogen and oxygen atoms in total. The summed E-state index contributed by atoms with van der Waals surface area (Å²) in [6, 6.07) is 11.2. The van der Waals surface area contributed by atoms with Gasteiger partial charge >= 0.3 is 5.97 Å². The van der Waals surface area contributed by atoms with Crippen molar-refractivity contribution < 1.29 is 24.1 Å². The number of fused-ring (bicyclic) bond motifs is 1. The second-order valence-electron chi connectivity index (χ2n) is 7.39. The molecule has 0 aliphatic carbocycles. The number of aromatic hydroxyl groups is 1. The average molecular weight is 481 g/mol. The second kappa shape index (κ2) is 9.44. The van der Waals surface area contributed by atoms with Gasteiger partial charge in [0.15, 0.2) is 0 Å². The third kappa shape index (κ3) is 4.04. The average Bonchev–Trinajstić information content (AvgIpc) is 2.86. The molecule has 4 rings (SSSR count). The Kier molecular flexibility index (Phi) is 6.43. The first-order valence-corrected chi connectivity index (χ1v) is 10.6. The lowest BCUT2D eigenvalue weighted by atomic mass is 9.95. The minimum absolute atomic E-state index is 0.0360. The fraction of sp³-hybridized carbons (Fsp3) is 0.160. The Morgan fingerprint density at radius 3 is 2.24 bits per heavy atom. The van der Waals surface area contributed by atoms with Crippen molar-refractivity contribution in [3.8, 4) is 28.4 Å². The summed E-state index contributed by atoms with van der Waals surface area (Å²) in [6.45, 7) is 0.0756. The number of ether oxygens (including phenoxy) is 3. The first-order valence-electron chi connectivity index (χ1n) is 10.2. The van der Waals surface area contributed by atoms with Crippen LogP contribution in [-0.2, 0) is 11.3 Å². The third-order valence-corrected chi connectivity index (χ3v) is 5.83. The first kappa shape index (κ1) is 23.1. The Balaban J connectivity index is 2.17. The highest BCUT2D eigenvalue weighted by Crippen LogP contribution is 2.41. The Bertz CT molecular complexity index is 1420. The maximum atomic E-state index is 13.6. The summed E-state index contributed by atoms with van der Waals surface area (Å²) in [5.41, 5.74) is 1.24. The number of nitrogens with zero attached hydrogens (tertiary/aromatic N) is 2.